The van der Waals surface area contributed by atoms with E-state index < -0.39 is 23.4 Å². The van der Waals surface area contributed by atoms with Crippen molar-refractivity contribution in [2.75, 3.05) is 20.2 Å². The standard InChI is InChI=1S/C26H30F3N5O3/c1-15-18(7-6-8-20(15)26(27,28)29)16(2)31-23-19-13-21(25(36)9-11-34(12-10-25)17(3)35)32-24(37-5)22(19)33(4)14-30-23/h6-8,13-14,16,36H,9-12H2,1-5H3/b31-23-. The summed E-state index contributed by atoms with van der Waals surface area (Å²) >= 11 is 0. The predicted octanol–water partition coefficient (Wildman–Crippen LogP) is 3.80. The molecule has 1 saturated heterocycles. The van der Waals surface area contributed by atoms with Gasteiger partial charge in [0.25, 0.3) is 0 Å². The number of hydrogen-bond donors (Lipinski definition) is 1. The SMILES string of the molecule is COc1nc(C2(O)CCN(C(C)=O)CC2)cc2/c(=N/C(C)c3cccc(C(F)(F)F)c3C)ncn(C)c12. The van der Waals surface area contributed by atoms with Gasteiger partial charge in [-0.15, -0.1) is 0 Å². The van der Waals surface area contributed by atoms with Crippen LogP contribution in [-0.4, -0.2) is 50.6 Å². The van der Waals surface area contributed by atoms with Crippen LogP contribution in [-0.2, 0) is 23.6 Å². The first-order chi connectivity index (χ1) is 17.4. The molecule has 0 radical (unpaired) electrons. The highest BCUT2D eigenvalue weighted by molar-refractivity contribution is 5.83. The monoisotopic (exact) mass is 517 g/mol. The van der Waals surface area contributed by atoms with E-state index in [1.165, 1.54) is 33.4 Å². The number of halogens is 3. The number of nitrogens with zero attached hydrogens (tertiary/aromatic N) is 5. The van der Waals surface area contributed by atoms with Gasteiger partial charge in [0.05, 0.1) is 36.1 Å². The van der Waals surface area contributed by atoms with Gasteiger partial charge in [-0.25, -0.2) is 9.97 Å². The number of rotatable bonds is 4. The summed E-state index contributed by atoms with van der Waals surface area (Å²) < 4.78 is 47.7. The molecule has 1 N–H and O–H groups in total. The smallest absolute Gasteiger partial charge is 0.416 e. The Labute approximate surface area is 212 Å². The van der Waals surface area contributed by atoms with Crippen LogP contribution in [0.5, 0.6) is 5.88 Å². The molecule has 2 aromatic heterocycles. The summed E-state index contributed by atoms with van der Waals surface area (Å²) in [4.78, 5) is 27.1. The van der Waals surface area contributed by atoms with Crippen molar-refractivity contribution in [2.45, 2.75) is 51.4 Å². The second-order valence-corrected chi connectivity index (χ2v) is 9.45. The number of alkyl halides is 3. The molecule has 0 spiro atoms. The van der Waals surface area contributed by atoms with Crippen LogP contribution in [0.2, 0.25) is 0 Å². The minimum Gasteiger partial charge on any atom is -0.479 e. The molecule has 37 heavy (non-hydrogen) atoms. The molecule has 0 aliphatic carbocycles. The summed E-state index contributed by atoms with van der Waals surface area (Å²) in [6.07, 6.45) is -2.33. The first-order valence-electron chi connectivity index (χ1n) is 11.9. The highest BCUT2D eigenvalue weighted by Crippen LogP contribution is 2.36. The summed E-state index contributed by atoms with van der Waals surface area (Å²) in [5, 5.41) is 12.0. The van der Waals surface area contributed by atoms with Crippen LogP contribution in [0, 0.1) is 6.92 Å². The lowest BCUT2D eigenvalue weighted by Crippen LogP contribution is -2.44. The highest BCUT2D eigenvalue weighted by Gasteiger charge is 2.37. The van der Waals surface area contributed by atoms with Crippen LogP contribution in [0.1, 0.15) is 55.1 Å². The minimum absolute atomic E-state index is 0.0534. The molecule has 1 aromatic carbocycles. The number of hydrogen-bond acceptors (Lipinski definition) is 6. The average molecular weight is 518 g/mol. The number of aryl methyl sites for hydroxylation is 1. The lowest BCUT2D eigenvalue weighted by atomic mass is 9.87. The number of piperidine rings is 1. The van der Waals surface area contributed by atoms with Gasteiger partial charge >= 0.3 is 6.18 Å². The first-order valence-corrected chi connectivity index (χ1v) is 11.9. The van der Waals surface area contributed by atoms with Gasteiger partial charge in [-0.2, -0.15) is 13.2 Å². The van der Waals surface area contributed by atoms with E-state index in [0.717, 1.165) is 6.07 Å². The van der Waals surface area contributed by atoms with Crippen LogP contribution in [0.4, 0.5) is 13.2 Å². The van der Waals surface area contributed by atoms with E-state index in [9.17, 15) is 23.1 Å². The quantitative estimate of drug-likeness (QED) is 0.569. The number of fused-ring (bicyclic) bond motifs is 1. The molecule has 198 valence electrons. The van der Waals surface area contributed by atoms with Gasteiger partial charge in [-0.1, -0.05) is 12.1 Å². The third-order valence-electron chi connectivity index (χ3n) is 7.06. The van der Waals surface area contributed by atoms with Crippen molar-refractivity contribution in [1.82, 2.24) is 19.4 Å². The number of pyridine rings is 1. The number of aliphatic hydroxyl groups is 1. The van der Waals surface area contributed by atoms with Crippen molar-refractivity contribution < 1.29 is 27.8 Å². The van der Waals surface area contributed by atoms with Crippen LogP contribution in [0.3, 0.4) is 0 Å². The summed E-state index contributed by atoms with van der Waals surface area (Å²) in [6, 6.07) is 5.14. The molecule has 1 atom stereocenters. The zero-order valence-corrected chi connectivity index (χ0v) is 21.4. The van der Waals surface area contributed by atoms with Gasteiger partial charge in [-0.3, -0.25) is 9.79 Å². The van der Waals surface area contributed by atoms with Gasteiger partial charge in [0, 0.05) is 27.1 Å². The number of amides is 1. The summed E-state index contributed by atoms with van der Waals surface area (Å²) in [5.74, 6) is 0.210. The van der Waals surface area contributed by atoms with E-state index in [-0.39, 0.29) is 17.4 Å². The van der Waals surface area contributed by atoms with Gasteiger partial charge in [0.15, 0.2) is 5.49 Å². The van der Waals surface area contributed by atoms with Gasteiger partial charge in [0.1, 0.15) is 11.1 Å². The second-order valence-electron chi connectivity index (χ2n) is 9.45. The van der Waals surface area contributed by atoms with Gasteiger partial charge in [-0.05, 0) is 49.9 Å². The number of aromatic nitrogens is 3. The molecule has 1 fully saturated rings. The van der Waals surface area contributed by atoms with Crippen molar-refractivity contribution in [3.05, 3.63) is 58.5 Å². The van der Waals surface area contributed by atoms with E-state index >= 15 is 0 Å². The fourth-order valence-electron chi connectivity index (χ4n) is 4.89. The van der Waals surface area contributed by atoms with E-state index in [2.05, 4.69) is 9.97 Å². The molecule has 1 amide bonds. The van der Waals surface area contributed by atoms with Crippen molar-refractivity contribution >= 4 is 16.8 Å². The normalized spacial score (nSPS) is 17.2. The van der Waals surface area contributed by atoms with E-state index in [1.807, 2.05) is 0 Å². The molecule has 3 aromatic rings. The fourth-order valence-corrected chi connectivity index (χ4v) is 4.89. The Kier molecular flexibility index (Phi) is 7.02. The number of carbonyl (C=O) groups is 1. The Morgan fingerprint density at radius 2 is 1.95 bits per heavy atom. The van der Waals surface area contributed by atoms with Crippen molar-refractivity contribution in [2.24, 2.45) is 12.0 Å². The van der Waals surface area contributed by atoms with Crippen LogP contribution < -0.4 is 10.2 Å². The topological polar surface area (TPSA) is 92.8 Å². The maximum atomic E-state index is 13.5. The largest absolute Gasteiger partial charge is 0.479 e. The molecule has 0 bridgehead atoms. The first kappa shape index (κ1) is 26.6. The second kappa shape index (κ2) is 9.77. The molecule has 8 nitrogen and oxygen atoms in total. The molecule has 1 unspecified atom stereocenters. The van der Waals surface area contributed by atoms with E-state index in [1.54, 1.807) is 35.6 Å². The predicted molar refractivity (Wildman–Crippen MR) is 131 cm³/mol. The summed E-state index contributed by atoms with van der Waals surface area (Å²) in [7, 11) is 3.24. The van der Waals surface area contributed by atoms with Crippen molar-refractivity contribution in [1.29, 1.82) is 0 Å². The zero-order chi connectivity index (χ0) is 27.1. The molecule has 4 rings (SSSR count). The van der Waals surface area contributed by atoms with E-state index in [4.69, 9.17) is 9.73 Å². The van der Waals surface area contributed by atoms with Crippen LogP contribution in [0.15, 0.2) is 35.6 Å². The Balaban J connectivity index is 1.86. The zero-order valence-electron chi connectivity index (χ0n) is 21.4. The van der Waals surface area contributed by atoms with Crippen LogP contribution >= 0.6 is 0 Å². The number of methoxy groups -OCH3 is 1. The number of likely N-dealkylation sites (tertiary alicyclic amines) is 1. The molecule has 0 saturated carbocycles. The average Bonchev–Trinajstić information content (AvgIpc) is 2.84. The third kappa shape index (κ3) is 5.04. The Hall–Kier alpha value is -3.47. The maximum Gasteiger partial charge on any atom is 0.416 e. The number of ether oxygens (including phenoxy) is 1. The number of benzene rings is 1. The van der Waals surface area contributed by atoms with Crippen LogP contribution in [0.25, 0.3) is 10.9 Å². The molecule has 1 aliphatic heterocycles. The fraction of sp³-hybridized carbons (Fsp3) is 0.462. The van der Waals surface area contributed by atoms with E-state index in [0.29, 0.717) is 53.6 Å². The van der Waals surface area contributed by atoms with Crippen molar-refractivity contribution in [3.8, 4) is 5.88 Å². The molecular formula is C26H30F3N5O3. The summed E-state index contributed by atoms with van der Waals surface area (Å²) in [5.41, 5.74) is -0.189. The Morgan fingerprint density at radius 1 is 1.27 bits per heavy atom. The molecule has 1 aliphatic rings. The molecule has 11 heteroatoms. The summed E-state index contributed by atoms with van der Waals surface area (Å²) in [6.45, 7) is 5.42. The lowest BCUT2D eigenvalue weighted by molar-refractivity contribution is -0.138. The highest BCUT2D eigenvalue weighted by atomic mass is 19.4. The minimum atomic E-state index is -4.47. The van der Waals surface area contributed by atoms with Gasteiger partial charge in [0.2, 0.25) is 11.8 Å². The number of carbonyl (C=O) groups excluding carboxylic acids is 1. The van der Waals surface area contributed by atoms with Crippen molar-refractivity contribution in [3.63, 3.8) is 0 Å². The Bertz CT molecular complexity index is 1410. The third-order valence-corrected chi connectivity index (χ3v) is 7.06. The maximum absolute atomic E-state index is 13.5. The van der Waals surface area contributed by atoms with Gasteiger partial charge < -0.3 is 19.3 Å². The molecular weight excluding hydrogens is 487 g/mol. The molecule has 3 heterocycles. The Morgan fingerprint density at radius 3 is 2.54 bits per heavy atom. The lowest BCUT2D eigenvalue weighted by Gasteiger charge is -2.37.